The minimum absolute atomic E-state index is 0.185. The van der Waals surface area contributed by atoms with Crippen LogP contribution < -0.4 is 10.5 Å². The van der Waals surface area contributed by atoms with Crippen molar-refractivity contribution in [3.8, 4) is 5.75 Å². The van der Waals surface area contributed by atoms with Gasteiger partial charge >= 0.3 is 0 Å². The maximum atomic E-state index is 11.4. The number of nitrogen functional groups attached to an aromatic ring is 1. The zero-order chi connectivity index (χ0) is 15.0. The zero-order valence-electron chi connectivity index (χ0n) is 11.8. The SMILES string of the molecule is COCCOCCCOc1ccc(S(C)(=O)=O)cc1N. The summed E-state index contributed by atoms with van der Waals surface area (Å²) < 4.78 is 38.3. The number of anilines is 1. The molecule has 2 N–H and O–H groups in total. The summed E-state index contributed by atoms with van der Waals surface area (Å²) >= 11 is 0. The molecule has 0 unspecified atom stereocenters. The van der Waals surface area contributed by atoms with Crippen molar-refractivity contribution in [3.05, 3.63) is 18.2 Å². The average Bonchev–Trinajstić information content (AvgIpc) is 2.38. The van der Waals surface area contributed by atoms with E-state index in [9.17, 15) is 8.42 Å². The summed E-state index contributed by atoms with van der Waals surface area (Å²) in [6, 6.07) is 4.45. The van der Waals surface area contributed by atoms with Gasteiger partial charge in [-0.05, 0) is 18.2 Å². The van der Waals surface area contributed by atoms with Crippen LogP contribution in [0.2, 0.25) is 0 Å². The highest BCUT2D eigenvalue weighted by Crippen LogP contribution is 2.24. The Morgan fingerprint density at radius 1 is 1.15 bits per heavy atom. The number of hydrogen-bond donors (Lipinski definition) is 1. The number of nitrogens with two attached hydrogens (primary N) is 1. The Kier molecular flexibility index (Phi) is 6.77. The quantitative estimate of drug-likeness (QED) is 0.543. The summed E-state index contributed by atoms with van der Waals surface area (Å²) in [5, 5.41) is 0. The molecule has 114 valence electrons. The number of hydrogen-bond acceptors (Lipinski definition) is 6. The maximum Gasteiger partial charge on any atom is 0.175 e. The molecule has 1 aromatic carbocycles. The van der Waals surface area contributed by atoms with Crippen LogP contribution in [0.5, 0.6) is 5.75 Å². The first kappa shape index (κ1) is 16.7. The number of benzene rings is 1. The molecule has 1 aromatic rings. The first-order valence-electron chi connectivity index (χ1n) is 6.24. The molecular weight excluding hydrogens is 282 g/mol. The Morgan fingerprint density at radius 3 is 2.50 bits per heavy atom. The van der Waals surface area contributed by atoms with Gasteiger partial charge in [0, 0.05) is 26.4 Å². The second-order valence-electron chi connectivity index (χ2n) is 4.28. The van der Waals surface area contributed by atoms with E-state index in [-0.39, 0.29) is 4.90 Å². The standard InChI is InChI=1S/C13H21NO5S/c1-17-8-9-18-6-3-7-19-13-5-4-11(10-12(13)14)20(2,15)16/h4-5,10H,3,6-9,14H2,1-2H3. The normalized spacial score (nSPS) is 11.5. The van der Waals surface area contributed by atoms with Crippen LogP contribution in [0.15, 0.2) is 23.1 Å². The van der Waals surface area contributed by atoms with E-state index in [4.69, 9.17) is 19.9 Å². The molecule has 0 heterocycles. The van der Waals surface area contributed by atoms with Gasteiger partial charge in [-0.2, -0.15) is 0 Å². The smallest absolute Gasteiger partial charge is 0.175 e. The molecule has 0 amide bonds. The molecule has 0 radical (unpaired) electrons. The molecule has 0 atom stereocenters. The second kappa shape index (κ2) is 8.08. The fourth-order valence-corrected chi connectivity index (χ4v) is 2.13. The van der Waals surface area contributed by atoms with Crippen molar-refractivity contribution >= 4 is 15.5 Å². The number of rotatable bonds is 9. The van der Waals surface area contributed by atoms with Crippen molar-refractivity contribution in [2.24, 2.45) is 0 Å². The Balaban J connectivity index is 2.38. The molecule has 0 bridgehead atoms. The van der Waals surface area contributed by atoms with Gasteiger partial charge in [0.1, 0.15) is 5.75 Å². The van der Waals surface area contributed by atoms with Gasteiger partial charge in [-0.1, -0.05) is 0 Å². The topological polar surface area (TPSA) is 87.9 Å². The van der Waals surface area contributed by atoms with Crippen LogP contribution in [0.4, 0.5) is 5.69 Å². The van der Waals surface area contributed by atoms with E-state index in [1.165, 1.54) is 12.1 Å². The van der Waals surface area contributed by atoms with Crippen LogP contribution in [0.25, 0.3) is 0 Å². The summed E-state index contributed by atoms with van der Waals surface area (Å²) in [6.07, 6.45) is 1.86. The molecule has 0 aliphatic heterocycles. The molecule has 1 rings (SSSR count). The predicted molar refractivity (Wildman–Crippen MR) is 76.8 cm³/mol. The fraction of sp³-hybridized carbons (Fsp3) is 0.538. The minimum atomic E-state index is -3.25. The molecule has 7 heteroatoms. The van der Waals surface area contributed by atoms with Crippen molar-refractivity contribution in [3.63, 3.8) is 0 Å². The van der Waals surface area contributed by atoms with E-state index < -0.39 is 9.84 Å². The number of methoxy groups -OCH3 is 1. The van der Waals surface area contributed by atoms with Gasteiger partial charge in [-0.15, -0.1) is 0 Å². The van der Waals surface area contributed by atoms with E-state index in [1.807, 2.05) is 0 Å². The number of sulfone groups is 1. The lowest BCUT2D eigenvalue weighted by Crippen LogP contribution is -2.08. The molecule has 0 aliphatic carbocycles. The highest BCUT2D eigenvalue weighted by atomic mass is 32.2. The lowest BCUT2D eigenvalue weighted by atomic mass is 10.3. The summed E-state index contributed by atoms with van der Waals surface area (Å²) in [7, 11) is -1.63. The first-order chi connectivity index (χ1) is 9.45. The van der Waals surface area contributed by atoms with Crippen LogP contribution in [0, 0.1) is 0 Å². The predicted octanol–water partition coefficient (Wildman–Crippen LogP) is 1.10. The van der Waals surface area contributed by atoms with Crippen molar-refractivity contribution in [2.75, 3.05) is 45.5 Å². The minimum Gasteiger partial charge on any atom is -0.491 e. The monoisotopic (exact) mass is 303 g/mol. The fourth-order valence-electron chi connectivity index (χ4n) is 1.48. The van der Waals surface area contributed by atoms with Crippen LogP contribution >= 0.6 is 0 Å². The molecule has 0 saturated heterocycles. The van der Waals surface area contributed by atoms with E-state index in [1.54, 1.807) is 13.2 Å². The molecule has 0 aromatic heterocycles. The van der Waals surface area contributed by atoms with E-state index in [0.717, 1.165) is 12.7 Å². The largest absolute Gasteiger partial charge is 0.491 e. The molecule has 0 spiro atoms. The molecule has 0 fully saturated rings. The van der Waals surface area contributed by atoms with Gasteiger partial charge in [0.25, 0.3) is 0 Å². The molecule has 0 saturated carbocycles. The van der Waals surface area contributed by atoms with Crippen LogP contribution in [0.1, 0.15) is 6.42 Å². The summed E-state index contributed by atoms with van der Waals surface area (Å²) in [6.45, 7) is 2.16. The number of ether oxygens (including phenoxy) is 3. The van der Waals surface area contributed by atoms with Gasteiger partial charge < -0.3 is 19.9 Å². The van der Waals surface area contributed by atoms with Crippen LogP contribution in [-0.4, -0.2) is 48.2 Å². The van der Waals surface area contributed by atoms with Crippen molar-refractivity contribution in [1.29, 1.82) is 0 Å². The Labute approximate surface area is 119 Å². The lowest BCUT2D eigenvalue weighted by Gasteiger charge is -2.10. The van der Waals surface area contributed by atoms with E-state index in [0.29, 0.717) is 37.9 Å². The first-order valence-corrected chi connectivity index (χ1v) is 8.13. The van der Waals surface area contributed by atoms with Gasteiger partial charge in [-0.3, -0.25) is 0 Å². The third-order valence-corrected chi connectivity index (χ3v) is 3.64. The molecule has 6 nitrogen and oxygen atoms in total. The van der Waals surface area contributed by atoms with Gasteiger partial charge in [0.05, 0.1) is 30.4 Å². The van der Waals surface area contributed by atoms with Gasteiger partial charge in [0.2, 0.25) is 0 Å². The highest BCUT2D eigenvalue weighted by Gasteiger charge is 2.09. The maximum absolute atomic E-state index is 11.4. The van der Waals surface area contributed by atoms with Gasteiger partial charge in [0.15, 0.2) is 9.84 Å². The molecular formula is C13H21NO5S. The molecule has 20 heavy (non-hydrogen) atoms. The Hall–Kier alpha value is -1.31. The lowest BCUT2D eigenvalue weighted by molar-refractivity contribution is 0.0645. The summed E-state index contributed by atoms with van der Waals surface area (Å²) in [4.78, 5) is 0.185. The average molecular weight is 303 g/mol. The zero-order valence-corrected chi connectivity index (χ0v) is 12.6. The third kappa shape index (κ3) is 5.77. The van der Waals surface area contributed by atoms with Crippen molar-refractivity contribution in [1.82, 2.24) is 0 Å². The third-order valence-electron chi connectivity index (χ3n) is 2.53. The second-order valence-corrected chi connectivity index (χ2v) is 6.29. The van der Waals surface area contributed by atoms with Crippen LogP contribution in [-0.2, 0) is 19.3 Å². The summed E-state index contributed by atoms with van der Waals surface area (Å²) in [5.41, 5.74) is 6.07. The van der Waals surface area contributed by atoms with E-state index >= 15 is 0 Å². The Morgan fingerprint density at radius 2 is 1.90 bits per heavy atom. The Bertz CT molecular complexity index is 515. The van der Waals surface area contributed by atoms with E-state index in [2.05, 4.69) is 0 Å². The van der Waals surface area contributed by atoms with Crippen LogP contribution in [0.3, 0.4) is 0 Å². The molecule has 0 aliphatic rings. The van der Waals surface area contributed by atoms with Crippen molar-refractivity contribution in [2.45, 2.75) is 11.3 Å². The highest BCUT2D eigenvalue weighted by molar-refractivity contribution is 7.90. The summed E-state index contributed by atoms with van der Waals surface area (Å²) in [5.74, 6) is 0.481. The van der Waals surface area contributed by atoms with Gasteiger partial charge in [-0.25, -0.2) is 8.42 Å². The van der Waals surface area contributed by atoms with Crippen molar-refractivity contribution < 1.29 is 22.6 Å².